The topological polar surface area (TPSA) is 12.4 Å². The van der Waals surface area contributed by atoms with Crippen LogP contribution < -0.4 is 0 Å². The zero-order valence-corrected chi connectivity index (χ0v) is 7.42. The molecule has 0 saturated carbocycles. The number of nitrogens with zero attached hydrogens (tertiary/aromatic N) is 1. The summed E-state index contributed by atoms with van der Waals surface area (Å²) in [6.07, 6.45) is 7.16. The third-order valence-corrected chi connectivity index (χ3v) is 1.68. The maximum absolute atomic E-state index is 4.28. The predicted molar refractivity (Wildman–Crippen MR) is 51.8 cm³/mol. The zero-order chi connectivity index (χ0) is 6.69. The number of hydrogen-bond acceptors (Lipinski definition) is 1. The van der Waals surface area contributed by atoms with Crippen molar-refractivity contribution in [3.8, 4) is 0 Å². The molecule has 0 aliphatic carbocycles. The van der Waals surface area contributed by atoms with E-state index in [-0.39, 0.29) is 0 Å². The molecule has 1 rings (SSSR count). The van der Waals surface area contributed by atoms with Gasteiger partial charge >= 0.3 is 0 Å². The van der Waals surface area contributed by atoms with Gasteiger partial charge in [0.05, 0.1) is 3.70 Å². The summed E-state index contributed by atoms with van der Waals surface area (Å²) in [6, 6.07) is 0. The highest BCUT2D eigenvalue weighted by atomic mass is 127. The van der Waals surface area contributed by atoms with Crippen LogP contribution in [-0.4, -0.2) is 13.5 Å². The lowest BCUT2D eigenvalue weighted by Crippen LogP contribution is -1.92. The Hall–Kier alpha value is -0.0551. The van der Waals surface area contributed by atoms with E-state index in [0.717, 1.165) is 10.1 Å². The van der Waals surface area contributed by atoms with Crippen LogP contribution in [0.15, 0.2) is 26.9 Å². The van der Waals surface area contributed by atoms with Crippen molar-refractivity contribution in [1.82, 2.24) is 0 Å². The average molecular weight is 231 g/mol. The summed E-state index contributed by atoms with van der Waals surface area (Å²) in [5.74, 6) is 0. The van der Waals surface area contributed by atoms with Crippen LogP contribution in [0.1, 0.15) is 6.42 Å². The van der Waals surface area contributed by atoms with Gasteiger partial charge in [-0.2, -0.15) is 0 Å². The minimum atomic E-state index is 0.989. The molecule has 0 unspecified atom stereocenters. The summed E-state index contributed by atoms with van der Waals surface area (Å²) < 4.78 is 1.07. The van der Waals surface area contributed by atoms with Gasteiger partial charge in [-0.1, -0.05) is 12.2 Å². The maximum Gasteiger partial charge on any atom is 0.158 e. The van der Waals surface area contributed by atoms with E-state index < -0.39 is 0 Å². The van der Waals surface area contributed by atoms with Gasteiger partial charge in [0.15, 0.2) is 7.85 Å². The fourth-order valence-electron chi connectivity index (χ4n) is 0.651. The lowest BCUT2D eigenvalue weighted by atomic mass is 9.98. The highest BCUT2D eigenvalue weighted by molar-refractivity contribution is 14.1. The molecule has 0 spiro atoms. The monoisotopic (exact) mass is 231 g/mol. The number of rotatable bonds is 0. The van der Waals surface area contributed by atoms with E-state index in [1.807, 2.05) is 20.0 Å². The van der Waals surface area contributed by atoms with E-state index in [1.54, 1.807) is 0 Å². The van der Waals surface area contributed by atoms with Crippen molar-refractivity contribution in [2.45, 2.75) is 6.42 Å². The van der Waals surface area contributed by atoms with Crippen LogP contribution in [0.3, 0.4) is 0 Å². The Morgan fingerprint density at radius 2 is 2.44 bits per heavy atom. The Morgan fingerprint density at radius 3 is 3.22 bits per heavy atom. The van der Waals surface area contributed by atoms with Gasteiger partial charge in [-0.15, -0.1) is 0 Å². The van der Waals surface area contributed by atoms with Gasteiger partial charge in [0.2, 0.25) is 0 Å². The van der Waals surface area contributed by atoms with Crippen LogP contribution in [0.5, 0.6) is 0 Å². The molecule has 0 saturated heterocycles. The summed E-state index contributed by atoms with van der Waals surface area (Å²) in [5.41, 5.74) is 1.18. The SMILES string of the molecule is BC1=NC(I)=CC=CC1. The molecular formula is C6H7BIN. The van der Waals surface area contributed by atoms with Crippen LogP contribution in [-0.2, 0) is 0 Å². The molecule has 0 radical (unpaired) electrons. The van der Waals surface area contributed by atoms with Gasteiger partial charge in [-0.25, -0.2) is 0 Å². The molecule has 0 fully saturated rings. The summed E-state index contributed by atoms with van der Waals surface area (Å²) in [6.45, 7) is 0. The van der Waals surface area contributed by atoms with Gasteiger partial charge in [0, 0.05) is 0 Å². The van der Waals surface area contributed by atoms with Crippen molar-refractivity contribution >= 4 is 36.0 Å². The normalized spacial score (nSPS) is 18.3. The molecule has 0 bridgehead atoms. The lowest BCUT2D eigenvalue weighted by molar-refractivity contribution is 1.48. The molecular weight excluding hydrogens is 224 g/mol. The summed E-state index contributed by atoms with van der Waals surface area (Å²) in [5, 5.41) is 0. The molecule has 1 nitrogen and oxygen atoms in total. The Kier molecular flexibility index (Phi) is 2.51. The van der Waals surface area contributed by atoms with Gasteiger partial charge in [0.25, 0.3) is 0 Å². The fourth-order valence-corrected chi connectivity index (χ4v) is 1.27. The predicted octanol–water partition coefficient (Wildman–Crippen LogP) is 1.25. The lowest BCUT2D eigenvalue weighted by Gasteiger charge is -1.89. The maximum atomic E-state index is 4.28. The highest BCUT2D eigenvalue weighted by Crippen LogP contribution is 2.10. The second-order valence-electron chi connectivity index (χ2n) is 1.97. The standard InChI is InChI=1S/C6H7BIN/c7-5-3-1-2-4-6(8)9-5/h1-2,4H,3,7H2. The summed E-state index contributed by atoms with van der Waals surface area (Å²) in [4.78, 5) is 4.28. The Morgan fingerprint density at radius 1 is 1.67 bits per heavy atom. The molecule has 1 aliphatic rings. The first-order valence-electron chi connectivity index (χ1n) is 2.85. The van der Waals surface area contributed by atoms with Gasteiger partial charge in [-0.05, 0) is 40.7 Å². The van der Waals surface area contributed by atoms with Crippen molar-refractivity contribution < 1.29 is 0 Å². The van der Waals surface area contributed by atoms with Crippen molar-refractivity contribution in [3.63, 3.8) is 0 Å². The quantitative estimate of drug-likeness (QED) is 0.338. The van der Waals surface area contributed by atoms with E-state index in [1.165, 1.54) is 5.61 Å². The molecule has 0 aromatic rings. The molecule has 0 aromatic heterocycles. The third kappa shape index (κ3) is 2.34. The average Bonchev–Trinajstić information content (AvgIpc) is 1.93. The van der Waals surface area contributed by atoms with Crippen LogP contribution in [0.4, 0.5) is 0 Å². The summed E-state index contributed by atoms with van der Waals surface area (Å²) >= 11 is 2.22. The van der Waals surface area contributed by atoms with Crippen LogP contribution in [0.25, 0.3) is 0 Å². The minimum absolute atomic E-state index is 0.989. The molecule has 0 atom stereocenters. The molecule has 1 aliphatic heterocycles. The fraction of sp³-hybridized carbons (Fsp3) is 0.167. The van der Waals surface area contributed by atoms with E-state index in [4.69, 9.17) is 0 Å². The summed E-state index contributed by atoms with van der Waals surface area (Å²) in [7, 11) is 2.04. The minimum Gasteiger partial charge on any atom is -0.262 e. The first-order chi connectivity index (χ1) is 4.29. The number of aliphatic imine (C=N–C) groups is 1. The largest absolute Gasteiger partial charge is 0.262 e. The van der Waals surface area contributed by atoms with Crippen molar-refractivity contribution in [1.29, 1.82) is 0 Å². The molecule has 1 heterocycles. The van der Waals surface area contributed by atoms with E-state index in [2.05, 4.69) is 33.7 Å². The van der Waals surface area contributed by atoms with Crippen molar-refractivity contribution in [2.75, 3.05) is 0 Å². The molecule has 3 heteroatoms. The van der Waals surface area contributed by atoms with Crippen molar-refractivity contribution in [2.24, 2.45) is 4.99 Å². The molecule has 0 aromatic carbocycles. The van der Waals surface area contributed by atoms with E-state index in [9.17, 15) is 0 Å². The number of hydrogen-bond donors (Lipinski definition) is 0. The number of halogens is 1. The molecule has 9 heavy (non-hydrogen) atoms. The smallest absolute Gasteiger partial charge is 0.158 e. The van der Waals surface area contributed by atoms with Gasteiger partial charge in [-0.3, -0.25) is 4.99 Å². The first kappa shape index (κ1) is 7.06. The van der Waals surface area contributed by atoms with Crippen LogP contribution in [0, 0.1) is 0 Å². The van der Waals surface area contributed by atoms with Gasteiger partial charge in [0.1, 0.15) is 0 Å². The molecule has 0 amide bonds. The highest BCUT2D eigenvalue weighted by Gasteiger charge is 1.92. The molecule has 0 N–H and O–H groups in total. The third-order valence-electron chi connectivity index (χ3n) is 1.08. The first-order valence-corrected chi connectivity index (χ1v) is 3.93. The Bertz CT molecular complexity index is 193. The van der Waals surface area contributed by atoms with Crippen LogP contribution >= 0.6 is 22.6 Å². The Labute approximate surface area is 69.5 Å². The van der Waals surface area contributed by atoms with Crippen LogP contribution in [0.2, 0.25) is 0 Å². The number of allylic oxidation sites excluding steroid dienone is 3. The second kappa shape index (κ2) is 3.20. The second-order valence-corrected chi connectivity index (χ2v) is 3.07. The van der Waals surface area contributed by atoms with E-state index in [0.29, 0.717) is 0 Å². The molecule has 46 valence electrons. The zero-order valence-electron chi connectivity index (χ0n) is 5.26. The van der Waals surface area contributed by atoms with E-state index >= 15 is 0 Å². The van der Waals surface area contributed by atoms with Crippen molar-refractivity contribution in [3.05, 3.63) is 21.9 Å². The van der Waals surface area contributed by atoms with Gasteiger partial charge < -0.3 is 0 Å². The Balaban J connectivity index is 2.82.